The Kier molecular flexibility index (Phi) is 6.20. The zero-order valence-corrected chi connectivity index (χ0v) is 19.3. The summed E-state index contributed by atoms with van der Waals surface area (Å²) >= 11 is 0. The fourth-order valence-corrected chi connectivity index (χ4v) is 4.35. The number of primary sulfonamides is 1. The Morgan fingerprint density at radius 3 is 2.49 bits per heavy atom. The molecule has 35 heavy (non-hydrogen) atoms. The fourth-order valence-electron chi connectivity index (χ4n) is 3.59. The van der Waals surface area contributed by atoms with E-state index in [-0.39, 0.29) is 33.2 Å². The first-order valence-electron chi connectivity index (χ1n) is 10.3. The molecule has 1 amide bonds. The van der Waals surface area contributed by atoms with Crippen LogP contribution in [-0.4, -0.2) is 29.9 Å². The Hall–Kier alpha value is -4.35. The minimum absolute atomic E-state index is 0.102. The molecule has 0 spiro atoms. The van der Waals surface area contributed by atoms with E-state index in [9.17, 15) is 17.6 Å². The predicted molar refractivity (Wildman–Crippen MR) is 130 cm³/mol. The molecule has 0 atom stereocenters. The van der Waals surface area contributed by atoms with Crippen LogP contribution in [0.1, 0.15) is 21.7 Å². The molecule has 0 aliphatic heterocycles. The van der Waals surface area contributed by atoms with Gasteiger partial charge in [0.1, 0.15) is 17.3 Å². The number of carbonyl (C=O) groups is 1. The number of nitrogens with one attached hydrogen (secondary N) is 2. The van der Waals surface area contributed by atoms with Crippen LogP contribution in [0.3, 0.4) is 0 Å². The maximum Gasteiger partial charge on any atom is 0.274 e. The van der Waals surface area contributed by atoms with Crippen molar-refractivity contribution in [2.24, 2.45) is 10.9 Å². The van der Waals surface area contributed by atoms with Gasteiger partial charge in [-0.1, -0.05) is 36.4 Å². The van der Waals surface area contributed by atoms with E-state index < -0.39 is 21.7 Å². The van der Waals surface area contributed by atoms with Crippen LogP contribution in [0.4, 0.5) is 10.1 Å². The Morgan fingerprint density at radius 1 is 1.06 bits per heavy atom. The van der Waals surface area contributed by atoms with Gasteiger partial charge >= 0.3 is 0 Å². The third-order valence-corrected chi connectivity index (χ3v) is 6.16. The van der Waals surface area contributed by atoms with Crippen molar-refractivity contribution in [3.05, 3.63) is 95.6 Å². The zero-order chi connectivity index (χ0) is 25.3. The van der Waals surface area contributed by atoms with Crippen molar-refractivity contribution in [3.63, 3.8) is 0 Å². The molecular formula is C24H21FN6O3S. The number of aryl methyl sites for hydroxylation is 1. The average Bonchev–Trinajstić information content (AvgIpc) is 3.21. The Bertz CT molecular complexity index is 1580. The Balaban J connectivity index is 1.66. The molecule has 0 bridgehead atoms. The van der Waals surface area contributed by atoms with Crippen LogP contribution in [0.25, 0.3) is 16.8 Å². The smallest absolute Gasteiger partial charge is 0.274 e. The first-order valence-corrected chi connectivity index (χ1v) is 11.8. The third kappa shape index (κ3) is 4.95. The molecular weight excluding hydrogens is 471 g/mol. The quantitative estimate of drug-likeness (QED) is 0.240. The predicted octanol–water partition coefficient (Wildman–Crippen LogP) is 3.17. The number of benzene rings is 3. The van der Waals surface area contributed by atoms with Crippen molar-refractivity contribution < 1.29 is 17.6 Å². The second-order valence-electron chi connectivity index (χ2n) is 7.74. The standard InChI is InChI=1S/C24H21FN6O3S/c1-14-11-21(31(30-14)17-6-4-5-16(12-17)23(26)27)24(32)29-20-10-9-15(13-19(20)25)18-7-2-3-8-22(18)35(28,33)34/h2-13H,1H3,(H3,26,27)(H,29,32)(H2,28,33,34). The first-order chi connectivity index (χ1) is 16.5. The lowest BCUT2D eigenvalue weighted by Gasteiger charge is -2.12. The first kappa shape index (κ1) is 23.8. The number of amidine groups is 1. The summed E-state index contributed by atoms with van der Waals surface area (Å²) in [7, 11) is -4.02. The number of anilines is 1. The van der Waals surface area contributed by atoms with Crippen molar-refractivity contribution in [2.45, 2.75) is 11.8 Å². The molecule has 11 heteroatoms. The molecule has 1 aromatic heterocycles. The number of hydrogen-bond donors (Lipinski definition) is 4. The molecule has 0 aliphatic rings. The van der Waals surface area contributed by atoms with Gasteiger partial charge in [0.25, 0.3) is 5.91 Å². The molecule has 0 unspecified atom stereocenters. The van der Waals surface area contributed by atoms with Crippen LogP contribution in [0.2, 0.25) is 0 Å². The van der Waals surface area contributed by atoms with Gasteiger partial charge in [-0.05, 0) is 48.9 Å². The summed E-state index contributed by atoms with van der Waals surface area (Å²) in [6.07, 6.45) is 0. The van der Waals surface area contributed by atoms with E-state index >= 15 is 0 Å². The summed E-state index contributed by atoms with van der Waals surface area (Å²) in [6, 6.07) is 18.1. The number of nitrogens with two attached hydrogens (primary N) is 2. The van der Waals surface area contributed by atoms with E-state index in [1.54, 1.807) is 43.3 Å². The van der Waals surface area contributed by atoms with Gasteiger partial charge in [0.15, 0.2) is 0 Å². The van der Waals surface area contributed by atoms with Gasteiger partial charge in [-0.3, -0.25) is 10.2 Å². The summed E-state index contributed by atoms with van der Waals surface area (Å²) in [5.74, 6) is -1.51. The normalized spacial score (nSPS) is 11.3. The molecule has 178 valence electrons. The number of aromatic nitrogens is 2. The highest BCUT2D eigenvalue weighted by atomic mass is 32.2. The topological polar surface area (TPSA) is 157 Å². The lowest BCUT2D eigenvalue weighted by molar-refractivity contribution is 0.101. The Morgan fingerprint density at radius 2 is 1.80 bits per heavy atom. The highest BCUT2D eigenvalue weighted by Gasteiger charge is 2.19. The summed E-state index contributed by atoms with van der Waals surface area (Å²) in [5.41, 5.74) is 7.65. The molecule has 1 heterocycles. The average molecular weight is 493 g/mol. The monoisotopic (exact) mass is 492 g/mol. The maximum absolute atomic E-state index is 15.0. The number of rotatable bonds is 6. The number of nitrogens with zero attached hydrogens (tertiary/aromatic N) is 2. The van der Waals surface area contributed by atoms with Gasteiger partial charge in [0, 0.05) is 11.1 Å². The van der Waals surface area contributed by atoms with Crippen LogP contribution in [-0.2, 0) is 10.0 Å². The van der Waals surface area contributed by atoms with E-state index in [2.05, 4.69) is 10.4 Å². The second-order valence-corrected chi connectivity index (χ2v) is 9.27. The molecule has 9 nitrogen and oxygen atoms in total. The van der Waals surface area contributed by atoms with E-state index in [4.69, 9.17) is 16.3 Å². The fraction of sp³-hybridized carbons (Fsp3) is 0.0417. The summed E-state index contributed by atoms with van der Waals surface area (Å²) in [6.45, 7) is 1.71. The van der Waals surface area contributed by atoms with Crippen LogP contribution in [0.15, 0.2) is 77.7 Å². The summed E-state index contributed by atoms with van der Waals surface area (Å²) < 4.78 is 40.1. The zero-order valence-electron chi connectivity index (χ0n) is 18.5. The highest BCUT2D eigenvalue weighted by molar-refractivity contribution is 7.89. The highest BCUT2D eigenvalue weighted by Crippen LogP contribution is 2.29. The van der Waals surface area contributed by atoms with E-state index in [1.165, 1.54) is 35.0 Å². The molecule has 0 radical (unpaired) electrons. The minimum atomic E-state index is -4.02. The molecule has 4 aromatic rings. The van der Waals surface area contributed by atoms with Crippen molar-refractivity contribution in [3.8, 4) is 16.8 Å². The van der Waals surface area contributed by atoms with Gasteiger partial charge < -0.3 is 11.1 Å². The molecule has 3 aromatic carbocycles. The maximum atomic E-state index is 15.0. The van der Waals surface area contributed by atoms with Crippen molar-refractivity contribution in [1.82, 2.24) is 9.78 Å². The number of amides is 1. The number of carbonyl (C=O) groups excluding carboxylic acids is 1. The van der Waals surface area contributed by atoms with Crippen molar-refractivity contribution in [1.29, 1.82) is 5.41 Å². The van der Waals surface area contributed by atoms with Crippen LogP contribution in [0.5, 0.6) is 0 Å². The number of halogens is 1. The van der Waals surface area contributed by atoms with Gasteiger partial charge in [0.05, 0.1) is 22.0 Å². The lowest BCUT2D eigenvalue weighted by atomic mass is 10.0. The van der Waals surface area contributed by atoms with Crippen LogP contribution >= 0.6 is 0 Å². The van der Waals surface area contributed by atoms with Gasteiger partial charge in [-0.25, -0.2) is 22.6 Å². The van der Waals surface area contributed by atoms with Crippen molar-refractivity contribution >= 4 is 27.5 Å². The molecule has 6 N–H and O–H groups in total. The van der Waals surface area contributed by atoms with E-state index in [1.807, 2.05) is 0 Å². The summed E-state index contributed by atoms with van der Waals surface area (Å²) in [4.78, 5) is 12.9. The molecule has 0 aliphatic carbocycles. The largest absolute Gasteiger partial charge is 0.384 e. The third-order valence-electron chi connectivity index (χ3n) is 5.19. The molecule has 0 saturated heterocycles. The van der Waals surface area contributed by atoms with Crippen LogP contribution in [0, 0.1) is 18.2 Å². The van der Waals surface area contributed by atoms with Gasteiger partial charge in [-0.2, -0.15) is 5.10 Å². The molecule has 0 saturated carbocycles. The number of hydrogen-bond acceptors (Lipinski definition) is 5. The van der Waals surface area contributed by atoms with Crippen LogP contribution < -0.4 is 16.2 Å². The van der Waals surface area contributed by atoms with Gasteiger partial charge in [0.2, 0.25) is 10.0 Å². The minimum Gasteiger partial charge on any atom is -0.384 e. The van der Waals surface area contributed by atoms with E-state index in [0.29, 0.717) is 16.9 Å². The lowest BCUT2D eigenvalue weighted by Crippen LogP contribution is -2.18. The summed E-state index contributed by atoms with van der Waals surface area (Å²) in [5, 5.41) is 19.8. The van der Waals surface area contributed by atoms with E-state index in [0.717, 1.165) is 6.07 Å². The number of sulfonamides is 1. The Labute approximate surface area is 200 Å². The van der Waals surface area contributed by atoms with Crippen molar-refractivity contribution in [2.75, 3.05) is 5.32 Å². The molecule has 0 fully saturated rings. The van der Waals surface area contributed by atoms with Gasteiger partial charge in [-0.15, -0.1) is 0 Å². The number of nitrogen functional groups attached to an aromatic ring is 1. The SMILES string of the molecule is Cc1cc(C(=O)Nc2ccc(-c3ccccc3S(N)(=O)=O)cc2F)n(-c2cccc(C(=N)N)c2)n1. The second kappa shape index (κ2) is 9.12. The molecule has 4 rings (SSSR count).